The van der Waals surface area contributed by atoms with Crippen LogP contribution in [-0.2, 0) is 10.0 Å². The lowest BCUT2D eigenvalue weighted by molar-refractivity contribution is 0.104. The van der Waals surface area contributed by atoms with E-state index in [-0.39, 0.29) is 11.5 Å². The highest BCUT2D eigenvalue weighted by Crippen LogP contribution is 2.25. The average Bonchev–Trinajstić information content (AvgIpc) is 3.22. The Morgan fingerprint density at radius 2 is 1.87 bits per heavy atom. The summed E-state index contributed by atoms with van der Waals surface area (Å²) in [6, 6.07) is 17.9. The van der Waals surface area contributed by atoms with Crippen molar-refractivity contribution in [2.75, 3.05) is 10.5 Å². The minimum absolute atomic E-state index is 0.0807. The molecule has 158 valence electrons. The number of rotatable bonds is 8. The van der Waals surface area contributed by atoms with Gasteiger partial charge in [-0.25, -0.2) is 17.9 Å². The zero-order valence-corrected chi connectivity index (χ0v) is 17.8. The van der Waals surface area contributed by atoms with Crippen molar-refractivity contribution in [3.8, 4) is 11.3 Å². The molecule has 0 atom stereocenters. The van der Waals surface area contributed by atoms with Gasteiger partial charge in [0.05, 0.1) is 23.2 Å². The maximum Gasteiger partial charge on any atom is 0.232 e. The normalized spacial score (nSPS) is 11.5. The van der Waals surface area contributed by atoms with Gasteiger partial charge in [-0.1, -0.05) is 55.8 Å². The van der Waals surface area contributed by atoms with Crippen LogP contribution in [0.1, 0.15) is 35.7 Å². The van der Waals surface area contributed by atoms with Gasteiger partial charge < -0.3 is 0 Å². The number of unbranched alkanes of at least 4 members (excludes halogenated alkanes) is 1. The Balaban J connectivity index is 1.70. The Hall–Kier alpha value is -3.52. The molecular weight excluding hydrogens is 412 g/mol. The highest BCUT2D eigenvalue weighted by molar-refractivity contribution is 7.92. The summed E-state index contributed by atoms with van der Waals surface area (Å²) in [5.74, 6) is -0.0742. The zero-order chi connectivity index (χ0) is 21.8. The molecule has 0 saturated heterocycles. The van der Waals surface area contributed by atoms with Crippen molar-refractivity contribution in [3.05, 3.63) is 84.2 Å². The van der Waals surface area contributed by atoms with Crippen LogP contribution in [0.3, 0.4) is 0 Å². The van der Waals surface area contributed by atoms with E-state index < -0.39 is 10.0 Å². The fourth-order valence-electron chi connectivity index (χ4n) is 3.32. The predicted octanol–water partition coefficient (Wildman–Crippen LogP) is 4.17. The van der Waals surface area contributed by atoms with E-state index in [1.165, 1.54) is 6.20 Å². The molecule has 0 bridgehead atoms. The Kier molecular flexibility index (Phi) is 5.81. The molecule has 0 aliphatic rings. The molecule has 0 aliphatic carbocycles. The lowest BCUT2D eigenvalue weighted by Crippen LogP contribution is -2.16. The highest BCUT2D eigenvalue weighted by Gasteiger charge is 2.18. The zero-order valence-electron chi connectivity index (χ0n) is 17.0. The van der Waals surface area contributed by atoms with Crippen LogP contribution >= 0.6 is 0 Å². The molecule has 0 amide bonds. The van der Waals surface area contributed by atoms with E-state index >= 15 is 0 Å². The topological polar surface area (TPSA) is 93.4 Å². The first-order chi connectivity index (χ1) is 15.0. The summed E-state index contributed by atoms with van der Waals surface area (Å²) in [7, 11) is -3.41. The first kappa shape index (κ1) is 20.7. The molecule has 2 aromatic carbocycles. The number of nitrogens with one attached hydrogen (secondary N) is 1. The van der Waals surface area contributed by atoms with Gasteiger partial charge in [0.2, 0.25) is 10.0 Å². The van der Waals surface area contributed by atoms with Crippen LogP contribution in [0.25, 0.3) is 16.9 Å². The molecule has 0 aliphatic heterocycles. The van der Waals surface area contributed by atoms with Gasteiger partial charge in [0, 0.05) is 23.0 Å². The molecule has 1 N–H and O–H groups in total. The number of fused-ring (bicyclic) bond motifs is 1. The number of anilines is 1. The van der Waals surface area contributed by atoms with Crippen LogP contribution < -0.4 is 4.72 Å². The largest absolute Gasteiger partial charge is 0.288 e. The number of benzene rings is 2. The summed E-state index contributed by atoms with van der Waals surface area (Å²) in [4.78, 5) is 17.3. The molecular formula is C23H22N4O3S. The lowest BCUT2D eigenvalue weighted by atomic mass is 10.1. The molecule has 7 nitrogen and oxygen atoms in total. The van der Waals surface area contributed by atoms with Crippen LogP contribution in [0.15, 0.2) is 73.1 Å². The van der Waals surface area contributed by atoms with E-state index in [2.05, 4.69) is 14.8 Å². The van der Waals surface area contributed by atoms with E-state index in [1.807, 2.05) is 31.2 Å². The van der Waals surface area contributed by atoms with Crippen molar-refractivity contribution >= 4 is 27.1 Å². The van der Waals surface area contributed by atoms with Crippen LogP contribution in [-0.4, -0.2) is 34.6 Å². The monoisotopic (exact) mass is 434 g/mol. The second-order valence-electron chi connectivity index (χ2n) is 7.17. The summed E-state index contributed by atoms with van der Waals surface area (Å²) in [5, 5.41) is 4.38. The smallest absolute Gasteiger partial charge is 0.232 e. The molecule has 0 spiro atoms. The molecule has 8 heteroatoms. The summed E-state index contributed by atoms with van der Waals surface area (Å²) < 4.78 is 28.7. The number of carbonyl (C=O) groups is 1. The molecule has 2 aromatic heterocycles. The van der Waals surface area contributed by atoms with Crippen molar-refractivity contribution in [3.63, 3.8) is 0 Å². The van der Waals surface area contributed by atoms with Gasteiger partial charge >= 0.3 is 0 Å². The number of nitrogens with zero attached hydrogens (tertiary/aromatic N) is 3. The van der Waals surface area contributed by atoms with E-state index in [1.54, 1.807) is 47.1 Å². The van der Waals surface area contributed by atoms with E-state index in [0.717, 1.165) is 12.0 Å². The van der Waals surface area contributed by atoms with Gasteiger partial charge in [-0.3, -0.25) is 9.52 Å². The van der Waals surface area contributed by atoms with Crippen molar-refractivity contribution in [2.45, 2.75) is 19.8 Å². The predicted molar refractivity (Wildman–Crippen MR) is 121 cm³/mol. The Labute approximate surface area is 180 Å². The van der Waals surface area contributed by atoms with Gasteiger partial charge in [-0.2, -0.15) is 5.10 Å². The number of aromatic nitrogens is 3. The van der Waals surface area contributed by atoms with Crippen molar-refractivity contribution < 1.29 is 13.2 Å². The van der Waals surface area contributed by atoms with Crippen LogP contribution in [0.5, 0.6) is 0 Å². The van der Waals surface area contributed by atoms with Gasteiger partial charge in [-0.05, 0) is 24.6 Å². The Morgan fingerprint density at radius 1 is 1.06 bits per heavy atom. The SMILES string of the molecule is CCCCS(=O)(=O)Nc1cccc(-c2ccnc3c(C(=O)c4ccccc4)cnn23)c1. The average molecular weight is 435 g/mol. The number of ketones is 1. The van der Waals surface area contributed by atoms with Gasteiger partial charge in [0.15, 0.2) is 11.4 Å². The van der Waals surface area contributed by atoms with Gasteiger partial charge in [0.25, 0.3) is 0 Å². The highest BCUT2D eigenvalue weighted by atomic mass is 32.2. The Morgan fingerprint density at radius 3 is 2.65 bits per heavy atom. The summed E-state index contributed by atoms with van der Waals surface area (Å²) in [5.41, 5.74) is 3.35. The van der Waals surface area contributed by atoms with Crippen LogP contribution in [0.4, 0.5) is 5.69 Å². The van der Waals surface area contributed by atoms with Crippen LogP contribution in [0, 0.1) is 0 Å². The molecule has 4 aromatic rings. The second kappa shape index (κ2) is 8.69. The first-order valence-corrected chi connectivity index (χ1v) is 11.7. The first-order valence-electron chi connectivity index (χ1n) is 10.0. The quantitative estimate of drug-likeness (QED) is 0.420. The van der Waals surface area contributed by atoms with E-state index in [4.69, 9.17) is 0 Å². The van der Waals surface area contributed by atoms with E-state index in [0.29, 0.717) is 34.6 Å². The number of carbonyl (C=O) groups excluding carboxylic acids is 1. The van der Waals surface area contributed by atoms with Gasteiger partial charge in [-0.15, -0.1) is 0 Å². The third-order valence-corrected chi connectivity index (χ3v) is 6.25. The summed E-state index contributed by atoms with van der Waals surface area (Å²) in [6.07, 6.45) is 4.54. The van der Waals surface area contributed by atoms with Crippen molar-refractivity contribution in [1.29, 1.82) is 0 Å². The second-order valence-corrected chi connectivity index (χ2v) is 9.02. The summed E-state index contributed by atoms with van der Waals surface area (Å²) in [6.45, 7) is 1.95. The standard InChI is InChI=1S/C23H22N4O3S/c1-2-3-14-31(29,30)26-19-11-7-10-18(15-19)21-12-13-24-23-20(16-25-27(21)23)22(28)17-8-5-4-6-9-17/h4-13,15-16,26H,2-3,14H2,1H3. The van der Waals surface area contributed by atoms with Crippen LogP contribution in [0.2, 0.25) is 0 Å². The third-order valence-electron chi connectivity index (χ3n) is 4.88. The molecule has 0 radical (unpaired) electrons. The maximum atomic E-state index is 12.9. The molecule has 0 fully saturated rings. The lowest BCUT2D eigenvalue weighted by Gasteiger charge is -2.10. The fourth-order valence-corrected chi connectivity index (χ4v) is 4.58. The molecule has 2 heterocycles. The minimum atomic E-state index is -3.41. The van der Waals surface area contributed by atoms with Gasteiger partial charge in [0.1, 0.15) is 0 Å². The van der Waals surface area contributed by atoms with E-state index in [9.17, 15) is 13.2 Å². The molecule has 0 saturated carbocycles. The molecule has 31 heavy (non-hydrogen) atoms. The summed E-state index contributed by atoms with van der Waals surface area (Å²) >= 11 is 0. The minimum Gasteiger partial charge on any atom is -0.288 e. The number of sulfonamides is 1. The fraction of sp³-hybridized carbons (Fsp3) is 0.174. The third kappa shape index (κ3) is 4.49. The number of hydrogen-bond acceptors (Lipinski definition) is 5. The van der Waals surface area contributed by atoms with Crippen molar-refractivity contribution in [2.24, 2.45) is 0 Å². The van der Waals surface area contributed by atoms with Crippen molar-refractivity contribution in [1.82, 2.24) is 14.6 Å². The maximum absolute atomic E-state index is 12.9. The Bertz CT molecular complexity index is 1330. The molecule has 0 unspecified atom stereocenters. The number of hydrogen-bond donors (Lipinski definition) is 1. The molecule has 4 rings (SSSR count).